The van der Waals surface area contributed by atoms with Crippen molar-refractivity contribution in [2.24, 2.45) is 5.92 Å². The number of imidazole rings is 1. The summed E-state index contributed by atoms with van der Waals surface area (Å²) in [7, 11) is 0. The molecule has 1 amide bonds. The molecule has 0 radical (unpaired) electrons. The standard InChI is InChI=1S/C18H28N6O6/c1-11(2)12(22-17(27)30-18(3,4)5)16(26)29-7-6-28-10-23-8-20-13-14(23)21-9-24(19)15(13)25/h8-9,11-12H,6-7,10,19H2,1-5H3,(H,22,27)/t12-/m0/s1. The van der Waals surface area contributed by atoms with E-state index < -0.39 is 29.3 Å². The van der Waals surface area contributed by atoms with Gasteiger partial charge in [0, 0.05) is 0 Å². The Balaban J connectivity index is 1.81. The number of nitrogens with two attached hydrogens (primary N) is 1. The summed E-state index contributed by atoms with van der Waals surface area (Å²) in [5.41, 5.74) is -0.680. The molecule has 3 N–H and O–H groups in total. The van der Waals surface area contributed by atoms with Gasteiger partial charge in [-0.2, -0.15) is 0 Å². The van der Waals surface area contributed by atoms with E-state index in [2.05, 4.69) is 15.3 Å². The van der Waals surface area contributed by atoms with E-state index in [0.717, 1.165) is 4.68 Å². The number of fused-ring (bicyclic) bond motifs is 1. The van der Waals surface area contributed by atoms with E-state index in [1.54, 1.807) is 34.6 Å². The number of amides is 1. The zero-order valence-corrected chi connectivity index (χ0v) is 17.7. The van der Waals surface area contributed by atoms with E-state index in [1.807, 2.05) is 0 Å². The largest absolute Gasteiger partial charge is 0.462 e. The van der Waals surface area contributed by atoms with Gasteiger partial charge in [0.2, 0.25) is 0 Å². The molecule has 0 saturated carbocycles. The molecule has 0 aromatic carbocycles. The molecule has 0 aliphatic carbocycles. The first kappa shape index (κ1) is 23.1. The van der Waals surface area contributed by atoms with Crippen LogP contribution in [0.25, 0.3) is 11.2 Å². The molecule has 2 aromatic rings. The van der Waals surface area contributed by atoms with Crippen molar-refractivity contribution >= 4 is 23.2 Å². The van der Waals surface area contributed by atoms with Crippen molar-refractivity contribution in [1.82, 2.24) is 24.5 Å². The van der Waals surface area contributed by atoms with Crippen molar-refractivity contribution in [2.45, 2.75) is 53.0 Å². The van der Waals surface area contributed by atoms with Crippen molar-refractivity contribution in [2.75, 3.05) is 19.1 Å². The van der Waals surface area contributed by atoms with Gasteiger partial charge in [0.15, 0.2) is 11.2 Å². The number of hydrogen-bond donors (Lipinski definition) is 2. The summed E-state index contributed by atoms with van der Waals surface area (Å²) in [5.74, 6) is 4.67. The Morgan fingerprint density at radius 3 is 2.53 bits per heavy atom. The highest BCUT2D eigenvalue weighted by Gasteiger charge is 2.28. The normalized spacial score (nSPS) is 12.7. The summed E-state index contributed by atoms with van der Waals surface area (Å²) >= 11 is 0. The lowest BCUT2D eigenvalue weighted by atomic mass is 10.1. The smallest absolute Gasteiger partial charge is 0.408 e. The van der Waals surface area contributed by atoms with Gasteiger partial charge in [-0.1, -0.05) is 13.8 Å². The van der Waals surface area contributed by atoms with E-state index in [0.29, 0.717) is 5.65 Å². The first-order valence-corrected chi connectivity index (χ1v) is 9.41. The molecule has 2 heterocycles. The fraction of sp³-hybridized carbons (Fsp3) is 0.611. The maximum Gasteiger partial charge on any atom is 0.408 e. The number of esters is 1. The predicted octanol–water partition coefficient (Wildman–Crippen LogP) is 0.373. The molecule has 2 aromatic heterocycles. The number of carbonyl (C=O) groups excluding carboxylic acids is 2. The Hall–Kier alpha value is -3.15. The van der Waals surface area contributed by atoms with Gasteiger partial charge in [0.1, 0.15) is 31.3 Å². The van der Waals surface area contributed by atoms with Crippen LogP contribution in [-0.2, 0) is 25.7 Å². The van der Waals surface area contributed by atoms with Gasteiger partial charge in [0.05, 0.1) is 12.9 Å². The Labute approximate surface area is 173 Å². The minimum atomic E-state index is -0.847. The lowest BCUT2D eigenvalue weighted by Crippen LogP contribution is -2.47. The second-order valence-corrected chi connectivity index (χ2v) is 7.92. The van der Waals surface area contributed by atoms with E-state index in [9.17, 15) is 14.4 Å². The van der Waals surface area contributed by atoms with E-state index in [-0.39, 0.29) is 31.4 Å². The third kappa shape index (κ3) is 6.17. The van der Waals surface area contributed by atoms with Crippen molar-refractivity contribution in [3.05, 3.63) is 23.0 Å². The maximum absolute atomic E-state index is 12.3. The Morgan fingerprint density at radius 1 is 1.20 bits per heavy atom. The highest BCUT2D eigenvalue weighted by Crippen LogP contribution is 2.10. The fourth-order valence-corrected chi connectivity index (χ4v) is 2.43. The summed E-state index contributed by atoms with van der Waals surface area (Å²) in [6.07, 6.45) is 1.91. The summed E-state index contributed by atoms with van der Waals surface area (Å²) < 4.78 is 18.2. The second-order valence-electron chi connectivity index (χ2n) is 7.92. The molecule has 0 aliphatic rings. The first-order valence-electron chi connectivity index (χ1n) is 9.41. The average molecular weight is 424 g/mol. The molecular formula is C18H28N6O6. The fourth-order valence-electron chi connectivity index (χ4n) is 2.43. The number of aromatic nitrogens is 4. The molecule has 2 rings (SSSR count). The van der Waals surface area contributed by atoms with Crippen LogP contribution >= 0.6 is 0 Å². The highest BCUT2D eigenvalue weighted by atomic mass is 16.6. The molecule has 0 saturated heterocycles. The van der Waals surface area contributed by atoms with Gasteiger partial charge in [-0.05, 0) is 26.7 Å². The molecule has 30 heavy (non-hydrogen) atoms. The van der Waals surface area contributed by atoms with Crippen molar-refractivity contribution in [1.29, 1.82) is 0 Å². The van der Waals surface area contributed by atoms with E-state index in [1.165, 1.54) is 17.2 Å². The van der Waals surface area contributed by atoms with Crippen LogP contribution in [0, 0.1) is 5.92 Å². The van der Waals surface area contributed by atoms with Gasteiger partial charge in [-0.15, -0.1) is 0 Å². The van der Waals surface area contributed by atoms with Crippen molar-refractivity contribution < 1.29 is 23.8 Å². The van der Waals surface area contributed by atoms with Gasteiger partial charge >= 0.3 is 12.1 Å². The van der Waals surface area contributed by atoms with Gasteiger partial charge in [-0.25, -0.2) is 24.2 Å². The highest BCUT2D eigenvalue weighted by molar-refractivity contribution is 5.81. The zero-order valence-electron chi connectivity index (χ0n) is 17.7. The third-order valence-corrected chi connectivity index (χ3v) is 3.85. The molecular weight excluding hydrogens is 396 g/mol. The minimum absolute atomic E-state index is 0.0201. The monoisotopic (exact) mass is 424 g/mol. The number of hydrogen-bond acceptors (Lipinski definition) is 9. The summed E-state index contributed by atoms with van der Waals surface area (Å²) in [5, 5.41) is 2.53. The van der Waals surface area contributed by atoms with Crippen LogP contribution in [0.2, 0.25) is 0 Å². The number of nitrogens with zero attached hydrogens (tertiary/aromatic N) is 4. The molecule has 0 aliphatic heterocycles. The maximum atomic E-state index is 12.3. The lowest BCUT2D eigenvalue weighted by Gasteiger charge is -2.24. The summed E-state index contributed by atoms with van der Waals surface area (Å²) in [6, 6.07) is -0.847. The SMILES string of the molecule is CC(C)[C@H](NC(=O)OC(C)(C)C)C(=O)OCCOCn1cnc2c(=O)n(N)cnc21. The summed E-state index contributed by atoms with van der Waals surface area (Å²) in [4.78, 5) is 44.1. The van der Waals surface area contributed by atoms with Crippen LogP contribution in [0.1, 0.15) is 34.6 Å². The Kier molecular flexibility index (Phi) is 7.38. The average Bonchev–Trinajstić information content (AvgIpc) is 3.04. The number of nitrogen functional groups attached to an aromatic ring is 1. The van der Waals surface area contributed by atoms with Crippen LogP contribution < -0.4 is 16.7 Å². The van der Waals surface area contributed by atoms with Crippen LogP contribution in [-0.4, -0.2) is 56.1 Å². The molecule has 12 nitrogen and oxygen atoms in total. The Morgan fingerprint density at radius 2 is 1.90 bits per heavy atom. The van der Waals surface area contributed by atoms with Gasteiger partial charge < -0.3 is 25.4 Å². The van der Waals surface area contributed by atoms with Crippen molar-refractivity contribution in [3.63, 3.8) is 0 Å². The summed E-state index contributed by atoms with van der Waals surface area (Å²) in [6.45, 7) is 8.90. The Bertz CT molecular complexity index is 945. The molecule has 0 bridgehead atoms. The molecule has 0 fully saturated rings. The number of alkyl carbamates (subject to hydrolysis) is 1. The lowest BCUT2D eigenvalue weighted by molar-refractivity contribution is -0.149. The van der Waals surface area contributed by atoms with Crippen molar-refractivity contribution in [3.8, 4) is 0 Å². The number of carbonyl (C=O) groups is 2. The molecule has 166 valence electrons. The van der Waals surface area contributed by atoms with Crippen LogP contribution in [0.15, 0.2) is 17.4 Å². The number of rotatable bonds is 8. The van der Waals surface area contributed by atoms with Crippen LogP contribution in [0.3, 0.4) is 0 Å². The zero-order chi connectivity index (χ0) is 22.5. The van der Waals surface area contributed by atoms with E-state index >= 15 is 0 Å². The molecule has 0 spiro atoms. The number of nitrogens with one attached hydrogen (secondary N) is 1. The first-order chi connectivity index (χ1) is 14.0. The topological polar surface area (TPSA) is 153 Å². The van der Waals surface area contributed by atoms with Crippen LogP contribution in [0.4, 0.5) is 4.79 Å². The molecule has 1 atom stereocenters. The van der Waals surface area contributed by atoms with E-state index in [4.69, 9.17) is 20.1 Å². The quantitative estimate of drug-likeness (QED) is 0.348. The third-order valence-electron chi connectivity index (χ3n) is 3.85. The second kappa shape index (κ2) is 9.57. The minimum Gasteiger partial charge on any atom is -0.462 e. The molecule has 0 unspecified atom stereocenters. The van der Waals surface area contributed by atoms with Crippen LogP contribution in [0.5, 0.6) is 0 Å². The van der Waals surface area contributed by atoms with Gasteiger partial charge in [-0.3, -0.25) is 9.36 Å². The number of ether oxygens (including phenoxy) is 3. The predicted molar refractivity (Wildman–Crippen MR) is 107 cm³/mol. The molecule has 12 heteroatoms. The van der Waals surface area contributed by atoms with Gasteiger partial charge in [0.25, 0.3) is 5.56 Å².